The first kappa shape index (κ1) is 15.8. The quantitative estimate of drug-likeness (QED) is 0.902. The third-order valence-electron chi connectivity index (χ3n) is 4.71. The molecule has 1 aromatic rings. The minimum atomic E-state index is -0.0882. The van der Waals surface area contributed by atoms with E-state index in [1.54, 1.807) is 12.3 Å². The summed E-state index contributed by atoms with van der Waals surface area (Å²) in [7, 11) is 0. The monoisotopic (exact) mass is 317 g/mol. The summed E-state index contributed by atoms with van der Waals surface area (Å²) < 4.78 is 0. The van der Waals surface area contributed by atoms with Crippen molar-refractivity contribution in [3.8, 4) is 0 Å². The van der Waals surface area contributed by atoms with Crippen molar-refractivity contribution in [1.82, 2.24) is 14.8 Å². The smallest absolute Gasteiger partial charge is 0.248 e. The Kier molecular flexibility index (Phi) is 4.79. The highest BCUT2D eigenvalue weighted by molar-refractivity contribution is 5.78. The topological polar surface area (TPSA) is 73.5 Å². The van der Waals surface area contributed by atoms with Gasteiger partial charge in [-0.05, 0) is 36.8 Å². The fourth-order valence-corrected chi connectivity index (χ4v) is 3.35. The number of aromatic nitrogens is 1. The third kappa shape index (κ3) is 3.81. The normalized spacial score (nSPS) is 18.0. The molecule has 2 aliphatic rings. The van der Waals surface area contributed by atoms with E-state index < -0.39 is 0 Å². The molecule has 6 heteroatoms. The Morgan fingerprint density at radius 1 is 1.13 bits per heavy atom. The van der Waals surface area contributed by atoms with Gasteiger partial charge in [0, 0.05) is 51.3 Å². The van der Waals surface area contributed by atoms with Crippen molar-refractivity contribution >= 4 is 11.8 Å². The van der Waals surface area contributed by atoms with Crippen LogP contribution in [-0.4, -0.2) is 46.2 Å². The molecule has 0 atom stereocenters. The Morgan fingerprint density at radius 2 is 2.00 bits per heavy atom. The minimum Gasteiger partial charge on any atom is -0.343 e. The molecule has 2 aliphatic heterocycles. The molecule has 3 heterocycles. The lowest BCUT2D eigenvalue weighted by Gasteiger charge is -2.29. The van der Waals surface area contributed by atoms with Gasteiger partial charge in [-0.25, -0.2) is 0 Å². The molecule has 6 nitrogen and oxygen atoms in total. The Bertz CT molecular complexity index is 653. The number of hydrogen-bond acceptors (Lipinski definition) is 3. The molecule has 23 heavy (non-hydrogen) atoms. The van der Waals surface area contributed by atoms with Crippen LogP contribution < -0.4 is 5.56 Å². The molecule has 1 fully saturated rings. The van der Waals surface area contributed by atoms with Gasteiger partial charge in [0.25, 0.3) is 0 Å². The number of pyridine rings is 1. The van der Waals surface area contributed by atoms with Crippen LogP contribution in [0.1, 0.15) is 43.2 Å². The van der Waals surface area contributed by atoms with Crippen molar-refractivity contribution < 1.29 is 9.59 Å². The van der Waals surface area contributed by atoms with Crippen LogP contribution in [0, 0.1) is 0 Å². The number of amides is 2. The summed E-state index contributed by atoms with van der Waals surface area (Å²) in [6.45, 7) is 2.74. The van der Waals surface area contributed by atoms with Crippen LogP contribution in [-0.2, 0) is 22.6 Å². The first-order valence-corrected chi connectivity index (χ1v) is 8.39. The molecule has 0 unspecified atom stereocenters. The second kappa shape index (κ2) is 6.98. The summed E-state index contributed by atoms with van der Waals surface area (Å²) in [6, 6.07) is 1.62. The van der Waals surface area contributed by atoms with E-state index in [1.165, 1.54) is 0 Å². The van der Waals surface area contributed by atoms with Crippen molar-refractivity contribution in [3.63, 3.8) is 0 Å². The predicted octanol–water partition coefficient (Wildman–Crippen LogP) is 1.05. The average molecular weight is 317 g/mol. The van der Waals surface area contributed by atoms with Crippen molar-refractivity contribution in [2.24, 2.45) is 0 Å². The Labute approximate surface area is 135 Å². The maximum absolute atomic E-state index is 12.3. The number of carbonyl (C=O) groups excluding carboxylic acids is 2. The molecule has 0 bridgehead atoms. The summed E-state index contributed by atoms with van der Waals surface area (Å²) >= 11 is 0. The zero-order chi connectivity index (χ0) is 16.2. The number of piperidine rings is 1. The number of aromatic amines is 1. The van der Waals surface area contributed by atoms with Crippen molar-refractivity contribution in [1.29, 1.82) is 0 Å². The molecule has 0 spiro atoms. The molecular weight excluding hydrogens is 294 g/mol. The molecule has 1 aromatic heterocycles. The summed E-state index contributed by atoms with van der Waals surface area (Å²) in [5.41, 5.74) is 1.97. The molecular formula is C17H23N3O3. The van der Waals surface area contributed by atoms with Gasteiger partial charge in [-0.3, -0.25) is 14.4 Å². The molecule has 0 radical (unpaired) electrons. The lowest BCUT2D eigenvalue weighted by Crippen LogP contribution is -2.38. The molecule has 3 rings (SSSR count). The largest absolute Gasteiger partial charge is 0.343 e. The molecule has 0 aliphatic carbocycles. The van der Waals surface area contributed by atoms with Crippen LogP contribution in [0.2, 0.25) is 0 Å². The number of nitrogens with one attached hydrogen (secondary N) is 1. The molecule has 1 N–H and O–H groups in total. The number of carbonyl (C=O) groups is 2. The van der Waals surface area contributed by atoms with E-state index in [0.717, 1.165) is 43.4 Å². The zero-order valence-corrected chi connectivity index (χ0v) is 13.3. The van der Waals surface area contributed by atoms with Crippen LogP contribution in [0.25, 0.3) is 0 Å². The van der Waals surface area contributed by atoms with Crippen LogP contribution in [0.15, 0.2) is 17.1 Å². The number of rotatable bonds is 4. The van der Waals surface area contributed by atoms with E-state index in [9.17, 15) is 14.4 Å². The van der Waals surface area contributed by atoms with Crippen molar-refractivity contribution in [2.75, 3.05) is 19.6 Å². The minimum absolute atomic E-state index is 0.0882. The molecule has 124 valence electrons. The van der Waals surface area contributed by atoms with Crippen molar-refractivity contribution in [2.45, 2.75) is 45.1 Å². The highest BCUT2D eigenvalue weighted by Crippen LogP contribution is 2.18. The van der Waals surface area contributed by atoms with Crippen LogP contribution in [0.4, 0.5) is 0 Å². The van der Waals surface area contributed by atoms with Gasteiger partial charge in [-0.1, -0.05) is 0 Å². The van der Waals surface area contributed by atoms with E-state index in [2.05, 4.69) is 4.98 Å². The molecule has 2 amide bonds. The fraction of sp³-hybridized carbons (Fsp3) is 0.588. The van der Waals surface area contributed by atoms with Crippen LogP contribution in [0.5, 0.6) is 0 Å². The van der Waals surface area contributed by atoms with Gasteiger partial charge in [0.15, 0.2) is 0 Å². The lowest BCUT2D eigenvalue weighted by molar-refractivity contribution is -0.135. The van der Waals surface area contributed by atoms with E-state index in [-0.39, 0.29) is 17.4 Å². The Morgan fingerprint density at radius 3 is 2.83 bits per heavy atom. The summed E-state index contributed by atoms with van der Waals surface area (Å²) in [6.07, 6.45) is 6.35. The van der Waals surface area contributed by atoms with Crippen LogP contribution in [0.3, 0.4) is 0 Å². The van der Waals surface area contributed by atoms with E-state index in [0.29, 0.717) is 32.5 Å². The summed E-state index contributed by atoms with van der Waals surface area (Å²) in [5.74, 6) is 0.353. The summed E-state index contributed by atoms with van der Waals surface area (Å²) in [4.78, 5) is 41.8. The zero-order valence-electron chi connectivity index (χ0n) is 13.3. The van der Waals surface area contributed by atoms with E-state index in [4.69, 9.17) is 0 Å². The van der Waals surface area contributed by atoms with Gasteiger partial charge in [0.2, 0.25) is 17.4 Å². The van der Waals surface area contributed by atoms with E-state index >= 15 is 0 Å². The fourth-order valence-electron chi connectivity index (χ4n) is 3.35. The number of H-pyrrole nitrogens is 1. The maximum Gasteiger partial charge on any atom is 0.248 e. The van der Waals surface area contributed by atoms with Gasteiger partial charge in [-0.15, -0.1) is 0 Å². The van der Waals surface area contributed by atoms with E-state index in [1.807, 2.05) is 9.80 Å². The predicted molar refractivity (Wildman–Crippen MR) is 85.8 cm³/mol. The number of nitrogens with zero attached hydrogens (tertiary/aromatic N) is 2. The lowest BCUT2D eigenvalue weighted by atomic mass is 10.0. The highest BCUT2D eigenvalue weighted by Gasteiger charge is 2.22. The highest BCUT2D eigenvalue weighted by atomic mass is 16.2. The number of hydrogen-bond donors (Lipinski definition) is 1. The molecule has 0 aromatic carbocycles. The van der Waals surface area contributed by atoms with Gasteiger partial charge in [0.05, 0.1) is 0 Å². The summed E-state index contributed by atoms with van der Waals surface area (Å²) in [5, 5.41) is 0. The number of likely N-dealkylation sites (tertiary alicyclic amines) is 1. The van der Waals surface area contributed by atoms with Gasteiger partial charge < -0.3 is 14.8 Å². The molecule has 0 saturated carbocycles. The Balaban J connectivity index is 1.48. The first-order chi connectivity index (χ1) is 11.1. The third-order valence-corrected chi connectivity index (χ3v) is 4.71. The second-order valence-corrected chi connectivity index (χ2v) is 6.35. The molecule has 1 saturated heterocycles. The van der Waals surface area contributed by atoms with Crippen molar-refractivity contribution in [3.05, 3.63) is 33.7 Å². The van der Waals surface area contributed by atoms with Gasteiger partial charge >= 0.3 is 0 Å². The van der Waals surface area contributed by atoms with Gasteiger partial charge in [0.1, 0.15) is 0 Å². The first-order valence-electron chi connectivity index (χ1n) is 8.39. The number of fused-ring (bicyclic) bond motifs is 1. The SMILES string of the molecule is O=C1CCCCN1CCCC(=O)N1CCc2cc(=O)[nH]cc2C1. The average Bonchev–Trinajstić information content (AvgIpc) is 2.56. The van der Waals surface area contributed by atoms with Gasteiger partial charge in [-0.2, -0.15) is 0 Å². The second-order valence-electron chi connectivity index (χ2n) is 6.35. The maximum atomic E-state index is 12.3. The Hall–Kier alpha value is -2.11. The standard InChI is InChI=1S/C17H23N3O3/c21-15-10-13-6-9-20(12-14(13)11-18-15)17(23)5-3-8-19-7-2-1-4-16(19)22/h10-11H,1-9,12H2,(H,18,21). The van der Waals surface area contributed by atoms with Crippen LogP contribution >= 0.6 is 0 Å².